The first-order valence-corrected chi connectivity index (χ1v) is 8.91. The predicted molar refractivity (Wildman–Crippen MR) is 99.4 cm³/mol. The standard InChI is InChI=1S/C21H28O4/c1-5-6-7-14-11-17(22)19(20(23)18(14)21(24)25)16-10-13(4)8-9-15(16)12(2)3/h10-11,15-16,22-23H,2,5-9H2,1,3-4H3,(H,24,25). The summed E-state index contributed by atoms with van der Waals surface area (Å²) in [5.74, 6) is -1.68. The fourth-order valence-electron chi connectivity index (χ4n) is 3.76. The number of phenolic OH excluding ortho intramolecular Hbond substituents is 1. The number of carboxylic acid groups (broad SMARTS) is 1. The van der Waals surface area contributed by atoms with Crippen LogP contribution in [0, 0.1) is 5.92 Å². The molecule has 1 aliphatic rings. The number of aryl methyl sites for hydroxylation is 1. The van der Waals surface area contributed by atoms with E-state index < -0.39 is 5.97 Å². The second kappa shape index (κ2) is 7.77. The van der Waals surface area contributed by atoms with E-state index in [0.717, 1.165) is 31.3 Å². The largest absolute Gasteiger partial charge is 0.507 e. The van der Waals surface area contributed by atoms with E-state index in [-0.39, 0.29) is 28.9 Å². The lowest BCUT2D eigenvalue weighted by molar-refractivity contribution is 0.0692. The van der Waals surface area contributed by atoms with Crippen LogP contribution < -0.4 is 0 Å². The van der Waals surface area contributed by atoms with Crippen LogP contribution in [-0.2, 0) is 6.42 Å². The van der Waals surface area contributed by atoms with E-state index in [4.69, 9.17) is 0 Å². The number of aromatic carboxylic acids is 1. The SMILES string of the molecule is C=C(C)C1CCC(C)=CC1c1c(O)cc(CCCC)c(C(=O)O)c1O. The first kappa shape index (κ1) is 19.1. The molecule has 2 rings (SSSR count). The van der Waals surface area contributed by atoms with Crippen molar-refractivity contribution >= 4 is 5.97 Å². The molecule has 4 heteroatoms. The van der Waals surface area contributed by atoms with E-state index in [1.807, 2.05) is 26.8 Å². The van der Waals surface area contributed by atoms with Crippen LogP contribution in [0.15, 0.2) is 29.9 Å². The van der Waals surface area contributed by atoms with Gasteiger partial charge in [0, 0.05) is 11.5 Å². The van der Waals surface area contributed by atoms with E-state index in [0.29, 0.717) is 17.5 Å². The number of aromatic hydroxyl groups is 2. The number of hydrogen-bond acceptors (Lipinski definition) is 3. The highest BCUT2D eigenvalue weighted by Crippen LogP contribution is 2.48. The Balaban J connectivity index is 2.64. The zero-order valence-corrected chi connectivity index (χ0v) is 15.3. The predicted octanol–water partition coefficient (Wildman–Crippen LogP) is 5.15. The summed E-state index contributed by atoms with van der Waals surface area (Å²) in [6, 6.07) is 1.52. The van der Waals surface area contributed by atoms with Crippen molar-refractivity contribution in [2.24, 2.45) is 5.92 Å². The number of rotatable bonds is 6. The molecular weight excluding hydrogens is 316 g/mol. The lowest BCUT2D eigenvalue weighted by Gasteiger charge is -2.32. The fraction of sp³-hybridized carbons (Fsp3) is 0.476. The smallest absolute Gasteiger partial charge is 0.339 e. The summed E-state index contributed by atoms with van der Waals surface area (Å²) in [6.07, 6.45) is 6.06. The van der Waals surface area contributed by atoms with Crippen molar-refractivity contribution in [3.63, 3.8) is 0 Å². The van der Waals surface area contributed by atoms with Gasteiger partial charge in [-0.2, -0.15) is 0 Å². The monoisotopic (exact) mass is 344 g/mol. The Morgan fingerprint density at radius 2 is 2.04 bits per heavy atom. The van der Waals surface area contributed by atoms with Crippen LogP contribution in [0.1, 0.15) is 73.9 Å². The van der Waals surface area contributed by atoms with Crippen molar-refractivity contribution in [2.45, 2.75) is 58.8 Å². The van der Waals surface area contributed by atoms with Crippen molar-refractivity contribution in [2.75, 3.05) is 0 Å². The van der Waals surface area contributed by atoms with E-state index in [2.05, 4.69) is 6.58 Å². The molecule has 0 fully saturated rings. The molecule has 0 saturated heterocycles. The van der Waals surface area contributed by atoms with Gasteiger partial charge in [0.2, 0.25) is 0 Å². The van der Waals surface area contributed by atoms with E-state index in [9.17, 15) is 20.1 Å². The summed E-state index contributed by atoms with van der Waals surface area (Å²) >= 11 is 0. The number of phenols is 2. The second-order valence-corrected chi connectivity index (χ2v) is 7.13. The van der Waals surface area contributed by atoms with Gasteiger partial charge in [-0.1, -0.05) is 37.1 Å². The average molecular weight is 344 g/mol. The summed E-state index contributed by atoms with van der Waals surface area (Å²) in [5, 5.41) is 31.0. The minimum absolute atomic E-state index is 0.0317. The summed E-state index contributed by atoms with van der Waals surface area (Å²) < 4.78 is 0. The maximum absolute atomic E-state index is 11.8. The van der Waals surface area contributed by atoms with Crippen LogP contribution in [0.2, 0.25) is 0 Å². The number of carbonyl (C=O) groups is 1. The van der Waals surface area contributed by atoms with Crippen LogP contribution >= 0.6 is 0 Å². The molecule has 1 aromatic carbocycles. The van der Waals surface area contributed by atoms with Crippen molar-refractivity contribution in [1.29, 1.82) is 0 Å². The molecule has 0 aromatic heterocycles. The molecule has 2 atom stereocenters. The zero-order chi connectivity index (χ0) is 18.7. The van der Waals surface area contributed by atoms with Gasteiger partial charge in [-0.3, -0.25) is 0 Å². The van der Waals surface area contributed by atoms with Gasteiger partial charge in [0.15, 0.2) is 0 Å². The van der Waals surface area contributed by atoms with Crippen molar-refractivity contribution in [3.05, 3.63) is 46.6 Å². The third kappa shape index (κ3) is 3.89. The Morgan fingerprint density at radius 3 is 2.60 bits per heavy atom. The second-order valence-electron chi connectivity index (χ2n) is 7.13. The van der Waals surface area contributed by atoms with Crippen LogP contribution in [-0.4, -0.2) is 21.3 Å². The summed E-state index contributed by atoms with van der Waals surface area (Å²) in [4.78, 5) is 11.8. The molecule has 0 aliphatic heterocycles. The number of benzene rings is 1. The molecular formula is C21H28O4. The lowest BCUT2D eigenvalue weighted by atomic mass is 9.73. The Kier molecular flexibility index (Phi) is 5.93. The molecule has 0 amide bonds. The van der Waals surface area contributed by atoms with Gasteiger partial charge < -0.3 is 15.3 Å². The average Bonchev–Trinajstić information content (AvgIpc) is 2.51. The molecule has 1 aromatic rings. The van der Waals surface area contributed by atoms with E-state index in [1.165, 1.54) is 11.6 Å². The Morgan fingerprint density at radius 1 is 1.36 bits per heavy atom. The molecule has 4 nitrogen and oxygen atoms in total. The van der Waals surface area contributed by atoms with Gasteiger partial charge in [-0.25, -0.2) is 4.79 Å². The first-order chi connectivity index (χ1) is 11.8. The van der Waals surface area contributed by atoms with Crippen LogP contribution in [0.4, 0.5) is 0 Å². The lowest BCUT2D eigenvalue weighted by Crippen LogP contribution is -2.18. The molecule has 136 valence electrons. The van der Waals surface area contributed by atoms with Crippen LogP contribution in [0.5, 0.6) is 11.5 Å². The van der Waals surface area contributed by atoms with Gasteiger partial charge in [0.25, 0.3) is 0 Å². The van der Waals surface area contributed by atoms with Crippen molar-refractivity contribution in [1.82, 2.24) is 0 Å². The molecule has 0 radical (unpaired) electrons. The first-order valence-electron chi connectivity index (χ1n) is 8.91. The Hall–Kier alpha value is -2.23. The van der Waals surface area contributed by atoms with E-state index in [1.54, 1.807) is 0 Å². The summed E-state index contributed by atoms with van der Waals surface area (Å²) in [6.45, 7) is 10.0. The van der Waals surface area contributed by atoms with Crippen molar-refractivity contribution < 1.29 is 20.1 Å². The third-order valence-electron chi connectivity index (χ3n) is 5.13. The van der Waals surface area contributed by atoms with Gasteiger partial charge >= 0.3 is 5.97 Å². The normalized spacial score (nSPS) is 20.2. The van der Waals surface area contributed by atoms with Gasteiger partial charge in [-0.15, -0.1) is 0 Å². The topological polar surface area (TPSA) is 77.8 Å². The Bertz CT molecular complexity index is 715. The molecule has 25 heavy (non-hydrogen) atoms. The quantitative estimate of drug-likeness (QED) is 0.623. The molecule has 2 unspecified atom stereocenters. The zero-order valence-electron chi connectivity index (χ0n) is 15.3. The van der Waals surface area contributed by atoms with E-state index >= 15 is 0 Å². The number of carboxylic acids is 1. The molecule has 0 bridgehead atoms. The highest BCUT2D eigenvalue weighted by atomic mass is 16.4. The number of unbranched alkanes of at least 4 members (excludes halogenated alkanes) is 1. The maximum Gasteiger partial charge on any atom is 0.339 e. The highest BCUT2D eigenvalue weighted by Gasteiger charge is 2.32. The number of hydrogen-bond donors (Lipinski definition) is 3. The van der Waals surface area contributed by atoms with Gasteiger partial charge in [0.05, 0.1) is 0 Å². The molecule has 0 heterocycles. The van der Waals surface area contributed by atoms with Gasteiger partial charge in [-0.05, 0) is 57.1 Å². The summed E-state index contributed by atoms with van der Waals surface area (Å²) in [5.41, 5.74) is 2.85. The van der Waals surface area contributed by atoms with Crippen LogP contribution in [0.3, 0.4) is 0 Å². The fourth-order valence-corrected chi connectivity index (χ4v) is 3.76. The van der Waals surface area contributed by atoms with Crippen LogP contribution in [0.25, 0.3) is 0 Å². The maximum atomic E-state index is 11.8. The highest BCUT2D eigenvalue weighted by molar-refractivity contribution is 5.94. The summed E-state index contributed by atoms with van der Waals surface area (Å²) in [7, 11) is 0. The third-order valence-corrected chi connectivity index (χ3v) is 5.13. The molecule has 0 spiro atoms. The molecule has 1 aliphatic carbocycles. The minimum atomic E-state index is -1.16. The van der Waals surface area contributed by atoms with Crippen molar-refractivity contribution in [3.8, 4) is 11.5 Å². The molecule has 3 N–H and O–H groups in total. The number of allylic oxidation sites excluding steroid dienone is 3. The molecule has 0 saturated carbocycles. The Labute approximate surface area is 149 Å². The minimum Gasteiger partial charge on any atom is -0.507 e. The van der Waals surface area contributed by atoms with Gasteiger partial charge in [0.1, 0.15) is 17.1 Å².